The number of hydrogen-bond acceptors (Lipinski definition) is 5. The lowest BCUT2D eigenvalue weighted by atomic mass is 10.3. The van der Waals surface area contributed by atoms with Gasteiger partial charge in [0.05, 0.1) is 19.0 Å². The molecule has 0 aliphatic carbocycles. The molecule has 1 aromatic carbocycles. The van der Waals surface area contributed by atoms with E-state index in [0.29, 0.717) is 0 Å². The van der Waals surface area contributed by atoms with Gasteiger partial charge in [0.1, 0.15) is 11.5 Å². The van der Waals surface area contributed by atoms with Crippen LogP contribution in [-0.2, 0) is 0 Å². The van der Waals surface area contributed by atoms with E-state index < -0.39 is 0 Å². The van der Waals surface area contributed by atoms with E-state index in [4.69, 9.17) is 9.47 Å². The van der Waals surface area contributed by atoms with Crippen LogP contribution in [0.25, 0.3) is 0 Å². The summed E-state index contributed by atoms with van der Waals surface area (Å²) in [5, 5.41) is 0. The Morgan fingerprint density at radius 2 is 1.95 bits per heavy atom. The average molecular weight is 290 g/mol. The molecular weight excluding hydrogens is 272 g/mol. The van der Waals surface area contributed by atoms with Gasteiger partial charge in [-0.05, 0) is 24.5 Å². The first-order chi connectivity index (χ1) is 9.65. The molecule has 0 atom stereocenters. The zero-order valence-electron chi connectivity index (χ0n) is 12.1. The Bertz CT molecular complexity index is 588. The Morgan fingerprint density at radius 3 is 2.60 bits per heavy atom. The molecule has 0 aliphatic heterocycles. The van der Waals surface area contributed by atoms with Gasteiger partial charge in [-0.3, -0.25) is 4.98 Å². The summed E-state index contributed by atoms with van der Waals surface area (Å²) in [6.07, 6.45) is 5.48. The van der Waals surface area contributed by atoms with Crippen LogP contribution in [0.5, 0.6) is 17.2 Å². The molecule has 106 valence electrons. The number of thioether (sulfide) groups is 1. The van der Waals surface area contributed by atoms with Crippen molar-refractivity contribution in [1.29, 1.82) is 0 Å². The normalized spacial score (nSPS) is 10.2. The first-order valence-electron chi connectivity index (χ1n) is 6.17. The fourth-order valence-electron chi connectivity index (χ4n) is 1.83. The minimum absolute atomic E-state index is 0.719. The van der Waals surface area contributed by atoms with Gasteiger partial charge < -0.3 is 14.4 Å². The van der Waals surface area contributed by atoms with Crippen LogP contribution in [0.3, 0.4) is 0 Å². The molecule has 0 saturated heterocycles. The Balaban J connectivity index is 2.31. The summed E-state index contributed by atoms with van der Waals surface area (Å²) in [6.45, 7) is 0. The van der Waals surface area contributed by atoms with Crippen LogP contribution in [0.2, 0.25) is 0 Å². The van der Waals surface area contributed by atoms with Crippen molar-refractivity contribution in [1.82, 2.24) is 4.98 Å². The Hall–Kier alpha value is -1.88. The maximum atomic E-state index is 5.92. The topological polar surface area (TPSA) is 34.6 Å². The van der Waals surface area contributed by atoms with E-state index in [-0.39, 0.29) is 0 Å². The third kappa shape index (κ3) is 3.17. The van der Waals surface area contributed by atoms with Gasteiger partial charge in [-0.2, -0.15) is 0 Å². The van der Waals surface area contributed by atoms with Gasteiger partial charge in [0, 0.05) is 31.3 Å². The highest BCUT2D eigenvalue weighted by atomic mass is 32.2. The SMILES string of the molecule is COc1cc(Oc2cnccc2N(C)C)ccc1SC. The molecule has 0 radical (unpaired) electrons. The number of anilines is 1. The predicted octanol–water partition coefficient (Wildman–Crippen LogP) is 3.67. The van der Waals surface area contributed by atoms with Gasteiger partial charge in [0.2, 0.25) is 0 Å². The molecule has 1 heterocycles. The first kappa shape index (κ1) is 14.5. The minimum Gasteiger partial charge on any atom is -0.495 e. The molecule has 0 N–H and O–H groups in total. The molecular formula is C15H18N2O2S. The van der Waals surface area contributed by atoms with Crippen molar-refractivity contribution in [2.24, 2.45) is 0 Å². The van der Waals surface area contributed by atoms with Gasteiger partial charge in [-0.15, -0.1) is 11.8 Å². The van der Waals surface area contributed by atoms with E-state index >= 15 is 0 Å². The largest absolute Gasteiger partial charge is 0.495 e. The van der Waals surface area contributed by atoms with Crippen LogP contribution in [-0.4, -0.2) is 32.4 Å². The third-order valence-electron chi connectivity index (χ3n) is 2.83. The van der Waals surface area contributed by atoms with Gasteiger partial charge in [0.25, 0.3) is 0 Å². The van der Waals surface area contributed by atoms with Crippen molar-refractivity contribution in [3.63, 3.8) is 0 Å². The molecule has 1 aromatic heterocycles. The lowest BCUT2D eigenvalue weighted by molar-refractivity contribution is 0.399. The van der Waals surface area contributed by atoms with E-state index in [1.165, 1.54) is 0 Å². The summed E-state index contributed by atoms with van der Waals surface area (Å²) >= 11 is 1.64. The number of ether oxygens (including phenoxy) is 2. The van der Waals surface area contributed by atoms with Gasteiger partial charge >= 0.3 is 0 Å². The maximum Gasteiger partial charge on any atom is 0.168 e. The molecule has 0 unspecified atom stereocenters. The van der Waals surface area contributed by atoms with E-state index in [1.807, 2.05) is 49.5 Å². The molecule has 0 fully saturated rings. The van der Waals surface area contributed by atoms with Crippen molar-refractivity contribution in [2.75, 3.05) is 32.4 Å². The molecule has 0 spiro atoms. The number of hydrogen-bond donors (Lipinski definition) is 0. The van der Waals surface area contributed by atoms with Crippen molar-refractivity contribution >= 4 is 17.4 Å². The number of pyridine rings is 1. The van der Waals surface area contributed by atoms with E-state index in [1.54, 1.807) is 31.3 Å². The summed E-state index contributed by atoms with van der Waals surface area (Å²) < 4.78 is 11.3. The second-order valence-corrected chi connectivity index (χ2v) is 5.20. The van der Waals surface area contributed by atoms with E-state index in [0.717, 1.165) is 27.8 Å². The zero-order chi connectivity index (χ0) is 14.5. The van der Waals surface area contributed by atoms with Crippen molar-refractivity contribution in [3.8, 4) is 17.2 Å². The maximum absolute atomic E-state index is 5.92. The summed E-state index contributed by atoms with van der Waals surface area (Å²) in [5.41, 5.74) is 0.980. The highest BCUT2D eigenvalue weighted by Crippen LogP contribution is 2.35. The smallest absolute Gasteiger partial charge is 0.168 e. The predicted molar refractivity (Wildman–Crippen MR) is 83.4 cm³/mol. The molecule has 20 heavy (non-hydrogen) atoms. The molecule has 0 bridgehead atoms. The summed E-state index contributed by atoms with van der Waals surface area (Å²) in [7, 11) is 5.60. The second-order valence-electron chi connectivity index (χ2n) is 4.36. The highest BCUT2D eigenvalue weighted by Gasteiger charge is 2.09. The van der Waals surface area contributed by atoms with Crippen LogP contribution in [0.15, 0.2) is 41.6 Å². The lowest BCUT2D eigenvalue weighted by Crippen LogP contribution is -2.09. The lowest BCUT2D eigenvalue weighted by Gasteiger charge is -2.17. The van der Waals surface area contributed by atoms with Gasteiger partial charge in [0.15, 0.2) is 5.75 Å². The quantitative estimate of drug-likeness (QED) is 0.785. The fourth-order valence-corrected chi connectivity index (χ4v) is 2.38. The Morgan fingerprint density at radius 1 is 1.15 bits per heavy atom. The minimum atomic E-state index is 0.719. The number of rotatable bonds is 5. The van der Waals surface area contributed by atoms with E-state index in [9.17, 15) is 0 Å². The van der Waals surface area contributed by atoms with E-state index in [2.05, 4.69) is 4.98 Å². The molecule has 0 saturated carbocycles. The molecule has 0 aliphatic rings. The van der Waals surface area contributed by atoms with Gasteiger partial charge in [-0.1, -0.05) is 0 Å². The van der Waals surface area contributed by atoms with Crippen molar-refractivity contribution in [2.45, 2.75) is 4.90 Å². The Labute approximate surface area is 123 Å². The fraction of sp³-hybridized carbons (Fsp3) is 0.267. The van der Waals surface area contributed by atoms with Crippen LogP contribution in [0.1, 0.15) is 0 Å². The number of methoxy groups -OCH3 is 1. The standard InChI is InChI=1S/C15H18N2O2S/c1-17(2)12-7-8-16-10-14(12)19-11-5-6-15(20-4)13(9-11)18-3/h5-10H,1-4H3. The Kier molecular flexibility index (Phi) is 4.74. The summed E-state index contributed by atoms with van der Waals surface area (Å²) in [6, 6.07) is 7.73. The molecule has 5 heteroatoms. The molecule has 2 aromatic rings. The van der Waals surface area contributed by atoms with Crippen LogP contribution in [0.4, 0.5) is 5.69 Å². The average Bonchev–Trinajstić information content (AvgIpc) is 2.47. The molecule has 0 amide bonds. The third-order valence-corrected chi connectivity index (χ3v) is 3.60. The number of aromatic nitrogens is 1. The monoisotopic (exact) mass is 290 g/mol. The molecule has 4 nitrogen and oxygen atoms in total. The van der Waals surface area contributed by atoms with Crippen molar-refractivity contribution in [3.05, 3.63) is 36.7 Å². The number of benzene rings is 1. The first-order valence-corrected chi connectivity index (χ1v) is 7.39. The molecule has 2 rings (SSSR count). The summed E-state index contributed by atoms with van der Waals surface area (Å²) in [4.78, 5) is 7.19. The van der Waals surface area contributed by atoms with Crippen molar-refractivity contribution < 1.29 is 9.47 Å². The summed E-state index contributed by atoms with van der Waals surface area (Å²) in [5.74, 6) is 2.26. The van der Waals surface area contributed by atoms with Crippen LogP contribution in [0, 0.1) is 0 Å². The zero-order valence-corrected chi connectivity index (χ0v) is 12.9. The second kappa shape index (κ2) is 6.52. The number of nitrogens with zero attached hydrogens (tertiary/aromatic N) is 2. The highest BCUT2D eigenvalue weighted by molar-refractivity contribution is 7.98. The van der Waals surface area contributed by atoms with Crippen LogP contribution >= 0.6 is 11.8 Å². The van der Waals surface area contributed by atoms with Gasteiger partial charge in [-0.25, -0.2) is 0 Å². The van der Waals surface area contributed by atoms with Crippen LogP contribution < -0.4 is 14.4 Å².